The number of halogens is 2. The Hall–Kier alpha value is -3.26. The molecule has 0 N–H and O–H groups in total. The second-order valence-corrected chi connectivity index (χ2v) is 6.90. The van der Waals surface area contributed by atoms with Gasteiger partial charge in [0.25, 0.3) is 5.91 Å². The molecule has 3 aromatic rings. The number of esters is 1. The van der Waals surface area contributed by atoms with Gasteiger partial charge in [-0.3, -0.25) is 9.59 Å². The largest absolute Gasteiger partial charge is 0.456 e. The quantitative estimate of drug-likeness (QED) is 0.506. The molecule has 7 nitrogen and oxygen atoms in total. The van der Waals surface area contributed by atoms with Crippen molar-refractivity contribution in [2.24, 2.45) is 0 Å². The lowest BCUT2D eigenvalue weighted by Gasteiger charge is -2.18. The molecule has 0 aliphatic carbocycles. The molecule has 1 heterocycles. The van der Waals surface area contributed by atoms with Crippen molar-refractivity contribution in [1.29, 1.82) is 0 Å². The van der Waals surface area contributed by atoms with E-state index in [0.717, 1.165) is 5.56 Å². The summed E-state index contributed by atoms with van der Waals surface area (Å²) in [6.07, 6.45) is 0.167. The fourth-order valence-electron chi connectivity index (χ4n) is 2.60. The fraction of sp³-hybridized carbons (Fsp3) is 0.238. The van der Waals surface area contributed by atoms with Crippen molar-refractivity contribution in [1.82, 2.24) is 15.0 Å². The summed E-state index contributed by atoms with van der Waals surface area (Å²) < 4.78 is 24.0. The Morgan fingerprint density at radius 1 is 1.17 bits per heavy atom. The summed E-state index contributed by atoms with van der Waals surface area (Å²) in [6, 6.07) is 13.6. The topological polar surface area (TPSA) is 85.5 Å². The molecule has 30 heavy (non-hydrogen) atoms. The summed E-state index contributed by atoms with van der Waals surface area (Å²) in [5.41, 5.74) is 1.01. The lowest BCUT2D eigenvalue weighted by atomic mass is 10.2. The van der Waals surface area contributed by atoms with E-state index < -0.39 is 24.3 Å². The molecule has 0 saturated carbocycles. The number of hydrogen-bond acceptors (Lipinski definition) is 6. The van der Waals surface area contributed by atoms with Crippen LogP contribution in [0.4, 0.5) is 4.39 Å². The normalized spacial score (nSPS) is 10.6. The van der Waals surface area contributed by atoms with E-state index in [4.69, 9.17) is 20.9 Å². The van der Waals surface area contributed by atoms with E-state index in [1.54, 1.807) is 6.07 Å². The Kier molecular flexibility index (Phi) is 7.13. The summed E-state index contributed by atoms with van der Waals surface area (Å²) in [6.45, 7) is -0.493. The number of amides is 1. The third-order valence-electron chi connectivity index (χ3n) is 4.28. The Labute approximate surface area is 177 Å². The van der Waals surface area contributed by atoms with Gasteiger partial charge in [0.05, 0.1) is 6.42 Å². The van der Waals surface area contributed by atoms with Gasteiger partial charge in [0.1, 0.15) is 5.82 Å². The van der Waals surface area contributed by atoms with Crippen LogP contribution in [0.3, 0.4) is 0 Å². The maximum atomic E-state index is 13.8. The number of hydrogen-bond donors (Lipinski definition) is 0. The van der Waals surface area contributed by atoms with Crippen molar-refractivity contribution < 1.29 is 23.2 Å². The highest BCUT2D eigenvalue weighted by Gasteiger charge is 2.17. The van der Waals surface area contributed by atoms with Crippen LogP contribution in [0.5, 0.6) is 0 Å². The Morgan fingerprint density at radius 3 is 2.67 bits per heavy atom. The maximum absolute atomic E-state index is 13.8. The number of rotatable bonds is 8. The van der Waals surface area contributed by atoms with Crippen molar-refractivity contribution in [3.05, 3.63) is 70.8 Å². The second kappa shape index (κ2) is 9.98. The molecule has 0 saturated heterocycles. The standard InChI is InChI=1S/C21H19ClFN3O4/c1-26(12-15-16(22)8-5-9-17(15)23)19(27)13-29-20(28)11-10-18-24-21(25-30-18)14-6-3-2-4-7-14/h2-9H,10-13H2,1H3. The number of aryl methyl sites for hydroxylation is 1. The van der Waals surface area contributed by atoms with Crippen LogP contribution in [-0.4, -0.2) is 40.6 Å². The third-order valence-corrected chi connectivity index (χ3v) is 4.64. The van der Waals surface area contributed by atoms with Crippen molar-refractivity contribution in [2.45, 2.75) is 19.4 Å². The molecule has 0 fully saturated rings. The Morgan fingerprint density at radius 2 is 1.93 bits per heavy atom. The van der Waals surface area contributed by atoms with E-state index in [-0.39, 0.29) is 30.0 Å². The highest BCUT2D eigenvalue weighted by molar-refractivity contribution is 6.31. The smallest absolute Gasteiger partial charge is 0.306 e. The second-order valence-electron chi connectivity index (χ2n) is 6.49. The van der Waals surface area contributed by atoms with Gasteiger partial charge in [0.2, 0.25) is 11.7 Å². The first-order valence-electron chi connectivity index (χ1n) is 9.14. The summed E-state index contributed by atoms with van der Waals surface area (Å²) in [7, 11) is 1.47. The summed E-state index contributed by atoms with van der Waals surface area (Å²) >= 11 is 5.96. The molecule has 1 aromatic heterocycles. The van der Waals surface area contributed by atoms with Crippen molar-refractivity contribution in [2.75, 3.05) is 13.7 Å². The minimum Gasteiger partial charge on any atom is -0.456 e. The molecule has 0 aliphatic rings. The van der Waals surface area contributed by atoms with Gasteiger partial charge in [-0.1, -0.05) is 53.2 Å². The highest BCUT2D eigenvalue weighted by Crippen LogP contribution is 2.20. The van der Waals surface area contributed by atoms with Crippen LogP contribution in [-0.2, 0) is 27.3 Å². The zero-order valence-electron chi connectivity index (χ0n) is 16.2. The summed E-state index contributed by atoms with van der Waals surface area (Å²) in [5.74, 6) is -0.841. The Balaban J connectivity index is 1.44. The van der Waals surface area contributed by atoms with Gasteiger partial charge in [-0.15, -0.1) is 0 Å². The molecule has 0 unspecified atom stereocenters. The minimum atomic E-state index is -0.583. The van der Waals surface area contributed by atoms with Gasteiger partial charge in [-0.05, 0) is 12.1 Å². The number of nitrogens with zero attached hydrogens (tertiary/aromatic N) is 3. The number of carbonyl (C=O) groups excluding carboxylic acids is 2. The van der Waals surface area contributed by atoms with E-state index in [1.807, 2.05) is 30.3 Å². The number of likely N-dealkylation sites (N-methyl/N-ethyl adjacent to an activating group) is 1. The van der Waals surface area contributed by atoms with Gasteiger partial charge >= 0.3 is 5.97 Å². The molecule has 2 aromatic carbocycles. The van der Waals surface area contributed by atoms with Crippen molar-refractivity contribution >= 4 is 23.5 Å². The number of carbonyl (C=O) groups is 2. The average Bonchev–Trinajstić information content (AvgIpc) is 3.23. The van der Waals surface area contributed by atoms with E-state index in [0.29, 0.717) is 11.7 Å². The van der Waals surface area contributed by atoms with Gasteiger partial charge in [-0.25, -0.2) is 4.39 Å². The predicted octanol–water partition coefficient (Wildman–Crippen LogP) is 3.66. The first kappa shape index (κ1) is 21.4. The van der Waals surface area contributed by atoms with Crippen LogP contribution in [0.1, 0.15) is 17.9 Å². The van der Waals surface area contributed by atoms with Crippen LogP contribution in [0.25, 0.3) is 11.4 Å². The van der Waals surface area contributed by atoms with Gasteiger partial charge in [-0.2, -0.15) is 4.98 Å². The van der Waals surface area contributed by atoms with Crippen LogP contribution < -0.4 is 0 Å². The maximum Gasteiger partial charge on any atom is 0.306 e. The molecule has 0 bridgehead atoms. The van der Waals surface area contributed by atoms with E-state index >= 15 is 0 Å². The molecule has 0 spiro atoms. The SMILES string of the molecule is CN(Cc1c(F)cccc1Cl)C(=O)COC(=O)CCc1nc(-c2ccccc2)no1. The van der Waals surface area contributed by atoms with Crippen molar-refractivity contribution in [3.8, 4) is 11.4 Å². The van der Waals surface area contributed by atoms with Gasteiger partial charge in [0, 0.05) is 36.2 Å². The molecule has 9 heteroatoms. The number of ether oxygens (including phenoxy) is 1. The third kappa shape index (κ3) is 5.64. The van der Waals surface area contributed by atoms with E-state index in [1.165, 1.54) is 24.1 Å². The molecular weight excluding hydrogens is 413 g/mol. The first-order valence-corrected chi connectivity index (χ1v) is 9.52. The predicted molar refractivity (Wildman–Crippen MR) is 107 cm³/mol. The van der Waals surface area contributed by atoms with Gasteiger partial charge < -0.3 is 14.2 Å². The summed E-state index contributed by atoms with van der Waals surface area (Å²) in [5, 5.41) is 4.10. The highest BCUT2D eigenvalue weighted by atomic mass is 35.5. The van der Waals surface area contributed by atoms with E-state index in [2.05, 4.69) is 10.1 Å². The minimum absolute atomic E-state index is 0.0213. The van der Waals surface area contributed by atoms with Crippen LogP contribution in [0, 0.1) is 5.82 Å². The molecule has 1 amide bonds. The van der Waals surface area contributed by atoms with Crippen molar-refractivity contribution in [3.63, 3.8) is 0 Å². The lowest BCUT2D eigenvalue weighted by molar-refractivity contribution is -0.151. The molecule has 0 aliphatic heterocycles. The fourth-order valence-corrected chi connectivity index (χ4v) is 2.83. The first-order chi connectivity index (χ1) is 14.4. The average molecular weight is 432 g/mol. The monoisotopic (exact) mass is 431 g/mol. The van der Waals surface area contributed by atoms with Crippen LogP contribution in [0.15, 0.2) is 53.1 Å². The molecule has 0 atom stereocenters. The zero-order valence-corrected chi connectivity index (χ0v) is 16.9. The number of aromatic nitrogens is 2. The Bertz CT molecular complexity index is 1010. The van der Waals surface area contributed by atoms with Crippen LogP contribution >= 0.6 is 11.6 Å². The van der Waals surface area contributed by atoms with E-state index in [9.17, 15) is 14.0 Å². The van der Waals surface area contributed by atoms with Crippen LogP contribution in [0.2, 0.25) is 5.02 Å². The lowest BCUT2D eigenvalue weighted by Crippen LogP contribution is -2.31. The zero-order chi connectivity index (χ0) is 21.5. The summed E-state index contributed by atoms with van der Waals surface area (Å²) in [4.78, 5) is 29.5. The number of benzene rings is 2. The molecule has 156 valence electrons. The van der Waals surface area contributed by atoms with Gasteiger partial charge in [0.15, 0.2) is 6.61 Å². The molecule has 0 radical (unpaired) electrons. The molecule has 3 rings (SSSR count). The molecular formula is C21H19ClFN3O4.